The Bertz CT molecular complexity index is 732. The number of halogens is 4. The van der Waals surface area contributed by atoms with Gasteiger partial charge in [-0.3, -0.25) is 4.90 Å². The molecule has 0 aliphatic rings. The van der Waals surface area contributed by atoms with Crippen LogP contribution in [-0.4, -0.2) is 42.0 Å². The summed E-state index contributed by atoms with van der Waals surface area (Å²) in [4.78, 5) is 10.2. The average molecular weight is 545 g/mol. The van der Waals surface area contributed by atoms with Crippen molar-refractivity contribution in [1.29, 1.82) is 0 Å². The van der Waals surface area contributed by atoms with Crippen molar-refractivity contribution in [2.24, 2.45) is 4.99 Å². The number of nitrogens with one attached hydrogen (secondary N) is 2. The third-order valence-electron chi connectivity index (χ3n) is 4.15. The Morgan fingerprint density at radius 2 is 2.00 bits per heavy atom. The molecule has 0 bridgehead atoms. The van der Waals surface area contributed by atoms with Gasteiger partial charge in [0.2, 0.25) is 0 Å². The van der Waals surface area contributed by atoms with Gasteiger partial charge in [0.1, 0.15) is 10.8 Å². The average Bonchev–Trinajstić information content (AvgIpc) is 3.34. The van der Waals surface area contributed by atoms with Crippen molar-refractivity contribution < 1.29 is 17.6 Å². The molecule has 0 aliphatic carbocycles. The Hall–Kier alpha value is -1.34. The quantitative estimate of drug-likeness (QED) is 0.276. The second-order valence-electron chi connectivity index (χ2n) is 5.95. The summed E-state index contributed by atoms with van der Waals surface area (Å²) in [5.74, 6) is 1.37. The van der Waals surface area contributed by atoms with Crippen molar-refractivity contribution in [3.8, 4) is 0 Å². The van der Waals surface area contributed by atoms with Crippen LogP contribution in [0.25, 0.3) is 0 Å². The van der Waals surface area contributed by atoms with Crippen molar-refractivity contribution in [2.45, 2.75) is 39.5 Å². The van der Waals surface area contributed by atoms with E-state index in [1.54, 1.807) is 6.26 Å². The molecule has 29 heavy (non-hydrogen) atoms. The van der Waals surface area contributed by atoms with Gasteiger partial charge in [0.05, 0.1) is 18.8 Å². The Morgan fingerprint density at radius 3 is 2.52 bits per heavy atom. The number of thiazole rings is 1. The van der Waals surface area contributed by atoms with E-state index in [1.807, 2.05) is 19.1 Å². The fourth-order valence-corrected chi connectivity index (χ4v) is 3.47. The topological polar surface area (TPSA) is 65.7 Å². The van der Waals surface area contributed by atoms with Crippen LogP contribution in [0, 0.1) is 0 Å². The lowest BCUT2D eigenvalue weighted by molar-refractivity contribution is -0.140. The third kappa shape index (κ3) is 7.78. The van der Waals surface area contributed by atoms with Crippen LogP contribution in [0.3, 0.4) is 0 Å². The number of nitrogens with zero attached hydrogens (tertiary/aromatic N) is 3. The second kappa shape index (κ2) is 12.4. The first-order valence-electron chi connectivity index (χ1n) is 9.20. The van der Waals surface area contributed by atoms with E-state index in [0.29, 0.717) is 24.1 Å². The molecule has 2 rings (SSSR count). The molecule has 1 atom stereocenters. The highest BCUT2D eigenvalue weighted by Gasteiger charge is 2.33. The lowest BCUT2D eigenvalue weighted by Crippen LogP contribution is -2.43. The maximum absolute atomic E-state index is 12.7. The van der Waals surface area contributed by atoms with Crippen LogP contribution in [0.1, 0.15) is 43.3 Å². The number of aliphatic imine (C=N–C) groups is 1. The highest BCUT2D eigenvalue weighted by molar-refractivity contribution is 14.0. The molecule has 164 valence electrons. The minimum Gasteiger partial charge on any atom is -0.468 e. The first kappa shape index (κ1) is 25.7. The fraction of sp³-hybridized carbons (Fsp3) is 0.556. The maximum Gasteiger partial charge on any atom is 0.434 e. The zero-order valence-corrected chi connectivity index (χ0v) is 19.8. The lowest BCUT2D eigenvalue weighted by atomic mass is 10.2. The van der Waals surface area contributed by atoms with Gasteiger partial charge in [-0.15, -0.1) is 35.3 Å². The first-order valence-corrected chi connectivity index (χ1v) is 10.1. The Balaban J connectivity index is 0.00000420. The molecule has 2 aromatic heterocycles. The van der Waals surface area contributed by atoms with Gasteiger partial charge in [-0.1, -0.05) is 13.8 Å². The minimum absolute atomic E-state index is 0. The fourth-order valence-electron chi connectivity index (χ4n) is 2.75. The van der Waals surface area contributed by atoms with Gasteiger partial charge in [0, 0.05) is 18.5 Å². The van der Waals surface area contributed by atoms with Crippen molar-refractivity contribution in [3.05, 3.63) is 40.2 Å². The first-order chi connectivity index (χ1) is 13.4. The predicted octanol–water partition coefficient (Wildman–Crippen LogP) is 4.51. The molecule has 2 aromatic rings. The van der Waals surface area contributed by atoms with Crippen LogP contribution in [-0.2, 0) is 12.7 Å². The summed E-state index contributed by atoms with van der Waals surface area (Å²) in [6.07, 6.45) is -2.78. The van der Waals surface area contributed by atoms with Crippen molar-refractivity contribution in [1.82, 2.24) is 20.5 Å². The molecular weight excluding hydrogens is 518 g/mol. The highest BCUT2D eigenvalue weighted by Crippen LogP contribution is 2.30. The van der Waals surface area contributed by atoms with Crippen LogP contribution in [0.4, 0.5) is 13.2 Å². The largest absolute Gasteiger partial charge is 0.468 e. The summed E-state index contributed by atoms with van der Waals surface area (Å²) < 4.78 is 43.6. The molecule has 0 saturated heterocycles. The number of hydrogen-bond donors (Lipinski definition) is 2. The number of furan rings is 1. The third-order valence-corrected chi connectivity index (χ3v) is 4.98. The summed E-state index contributed by atoms with van der Waals surface area (Å²) in [5, 5.41) is 7.70. The van der Waals surface area contributed by atoms with E-state index in [9.17, 15) is 13.2 Å². The van der Waals surface area contributed by atoms with E-state index in [2.05, 4.69) is 39.4 Å². The van der Waals surface area contributed by atoms with E-state index in [-0.39, 0.29) is 36.6 Å². The lowest BCUT2D eigenvalue weighted by Gasteiger charge is -2.28. The predicted molar refractivity (Wildman–Crippen MR) is 120 cm³/mol. The highest BCUT2D eigenvalue weighted by atomic mass is 127. The van der Waals surface area contributed by atoms with E-state index in [4.69, 9.17) is 4.42 Å². The molecule has 0 amide bonds. The number of likely N-dealkylation sites (N-methyl/N-ethyl adjacent to an activating group) is 1. The minimum atomic E-state index is -4.43. The molecule has 11 heteroatoms. The number of guanidine groups is 1. The summed E-state index contributed by atoms with van der Waals surface area (Å²) >= 11 is 0.954. The molecule has 0 radical (unpaired) electrons. The van der Waals surface area contributed by atoms with Crippen molar-refractivity contribution >= 4 is 41.3 Å². The van der Waals surface area contributed by atoms with Gasteiger partial charge in [-0.25, -0.2) is 9.98 Å². The molecule has 0 aromatic carbocycles. The van der Waals surface area contributed by atoms with Crippen LogP contribution >= 0.6 is 35.3 Å². The zero-order valence-electron chi connectivity index (χ0n) is 16.6. The molecule has 0 fully saturated rings. The summed E-state index contributed by atoms with van der Waals surface area (Å²) in [6.45, 7) is 9.07. The Labute approximate surface area is 190 Å². The monoisotopic (exact) mass is 545 g/mol. The number of hydrogen-bond acceptors (Lipinski definition) is 5. The van der Waals surface area contributed by atoms with E-state index in [1.165, 1.54) is 0 Å². The maximum atomic E-state index is 12.7. The summed E-state index contributed by atoms with van der Waals surface area (Å²) in [5.41, 5.74) is -0.875. The van der Waals surface area contributed by atoms with Gasteiger partial charge in [0.15, 0.2) is 11.7 Å². The van der Waals surface area contributed by atoms with Crippen LogP contribution in [0.2, 0.25) is 0 Å². The Morgan fingerprint density at radius 1 is 1.28 bits per heavy atom. The molecule has 6 nitrogen and oxygen atoms in total. The van der Waals surface area contributed by atoms with Crippen LogP contribution in [0.15, 0.2) is 33.2 Å². The molecule has 0 aliphatic heterocycles. The van der Waals surface area contributed by atoms with E-state index >= 15 is 0 Å². The number of alkyl halides is 3. The van der Waals surface area contributed by atoms with E-state index in [0.717, 1.165) is 35.6 Å². The number of aromatic nitrogens is 1. The van der Waals surface area contributed by atoms with Gasteiger partial charge in [0.25, 0.3) is 0 Å². The van der Waals surface area contributed by atoms with Gasteiger partial charge >= 0.3 is 6.18 Å². The SMILES string of the molecule is CCNC(=NCc1nc(C(F)(F)F)cs1)NCC(c1ccco1)N(CC)CC.I. The Kier molecular flexibility index (Phi) is 11.0. The van der Waals surface area contributed by atoms with E-state index < -0.39 is 11.9 Å². The standard InChI is InChI=1S/C18H26F3N5OS.HI/c1-4-22-17(24-11-16-25-15(12-28-16)18(19,20)21)23-10-13(26(5-2)6-3)14-8-7-9-27-14;/h7-9,12-13H,4-6,10-11H2,1-3H3,(H2,22,23,24);1H. The van der Waals surface area contributed by atoms with Crippen LogP contribution < -0.4 is 10.6 Å². The summed E-state index contributed by atoms with van der Waals surface area (Å²) in [6, 6.07) is 3.81. The molecular formula is C18H27F3IN5OS. The molecule has 0 saturated carbocycles. The zero-order chi connectivity index (χ0) is 20.6. The second-order valence-corrected chi connectivity index (χ2v) is 6.90. The molecule has 2 heterocycles. The smallest absolute Gasteiger partial charge is 0.434 e. The van der Waals surface area contributed by atoms with Gasteiger partial charge in [-0.05, 0) is 32.1 Å². The normalized spacial score (nSPS) is 13.3. The van der Waals surface area contributed by atoms with Crippen molar-refractivity contribution in [2.75, 3.05) is 26.2 Å². The molecule has 0 spiro atoms. The van der Waals surface area contributed by atoms with Crippen LogP contribution in [0.5, 0.6) is 0 Å². The molecule has 1 unspecified atom stereocenters. The number of rotatable bonds is 9. The van der Waals surface area contributed by atoms with Gasteiger partial charge in [-0.2, -0.15) is 13.2 Å². The van der Waals surface area contributed by atoms with Gasteiger partial charge < -0.3 is 15.1 Å². The van der Waals surface area contributed by atoms with Crippen molar-refractivity contribution in [3.63, 3.8) is 0 Å². The summed E-state index contributed by atoms with van der Waals surface area (Å²) in [7, 11) is 0. The molecule has 2 N–H and O–H groups in total.